The number of carbonyl (C=O) groups is 1. The van der Waals surface area contributed by atoms with Gasteiger partial charge in [0, 0.05) is 10.2 Å². The molecule has 2 heterocycles. The van der Waals surface area contributed by atoms with Crippen molar-refractivity contribution in [1.29, 1.82) is 0 Å². The number of anilines is 1. The molecule has 2 aromatic heterocycles. The van der Waals surface area contributed by atoms with Gasteiger partial charge in [0.2, 0.25) is 16.9 Å². The summed E-state index contributed by atoms with van der Waals surface area (Å²) in [6.45, 7) is 1.78. The maximum Gasteiger partial charge on any atom is 0.237 e. The number of hydrogen-bond acceptors (Lipinski definition) is 6. The normalized spacial score (nSPS) is 12.1. The fourth-order valence-electron chi connectivity index (χ4n) is 1.92. The molecule has 0 fully saturated rings. The zero-order valence-corrected chi connectivity index (χ0v) is 15.0. The number of furan rings is 1. The Hall–Kier alpha value is -2.26. The first-order valence-corrected chi connectivity index (χ1v) is 8.69. The minimum atomic E-state index is -0.399. The van der Waals surface area contributed by atoms with E-state index in [-0.39, 0.29) is 5.91 Å². The quantitative estimate of drug-likeness (QED) is 0.497. The third-order valence-corrected chi connectivity index (χ3v) is 4.75. The second kappa shape index (κ2) is 7.10. The number of benzene rings is 1. The van der Waals surface area contributed by atoms with Crippen LogP contribution in [0.4, 0.5) is 5.69 Å². The number of nitrogen functional groups attached to an aromatic ring is 1. The van der Waals surface area contributed by atoms with Gasteiger partial charge in [0.05, 0.1) is 11.5 Å². The highest BCUT2D eigenvalue weighted by Gasteiger charge is 2.20. The molecule has 0 aliphatic rings. The molecule has 0 aliphatic heterocycles. The molecule has 24 heavy (non-hydrogen) atoms. The van der Waals surface area contributed by atoms with Crippen LogP contribution >= 0.6 is 27.7 Å². The lowest BCUT2D eigenvalue weighted by Crippen LogP contribution is -2.23. The van der Waals surface area contributed by atoms with Crippen molar-refractivity contribution in [3.8, 4) is 11.6 Å². The first kappa shape index (κ1) is 16.6. The smallest absolute Gasteiger partial charge is 0.237 e. The van der Waals surface area contributed by atoms with E-state index in [1.807, 2.05) is 24.3 Å². The molecule has 0 spiro atoms. The van der Waals surface area contributed by atoms with E-state index in [0.717, 1.165) is 10.2 Å². The zero-order valence-electron chi connectivity index (χ0n) is 12.6. The number of hydrogen-bond donors (Lipinski definition) is 2. The van der Waals surface area contributed by atoms with Gasteiger partial charge < -0.3 is 15.6 Å². The number of nitrogens with two attached hydrogens (primary N) is 1. The maximum atomic E-state index is 12.3. The number of thioether (sulfide) groups is 1. The minimum absolute atomic E-state index is 0.148. The van der Waals surface area contributed by atoms with Crippen LogP contribution < -0.4 is 11.2 Å². The third-order valence-electron chi connectivity index (χ3n) is 3.17. The minimum Gasteiger partial charge on any atom is -0.461 e. The predicted octanol–water partition coefficient (Wildman–Crippen LogP) is 3.13. The Bertz CT molecular complexity index is 832. The summed E-state index contributed by atoms with van der Waals surface area (Å²) in [4.78, 5) is 12.3. The van der Waals surface area contributed by atoms with Crippen molar-refractivity contribution < 1.29 is 9.21 Å². The average Bonchev–Trinajstić information content (AvgIpc) is 3.20. The van der Waals surface area contributed by atoms with Gasteiger partial charge in [-0.3, -0.25) is 4.79 Å². The predicted molar refractivity (Wildman–Crippen MR) is 96.0 cm³/mol. The lowest BCUT2D eigenvalue weighted by Gasteiger charge is -2.11. The molecule has 7 nitrogen and oxygen atoms in total. The Morgan fingerprint density at radius 1 is 1.33 bits per heavy atom. The summed E-state index contributed by atoms with van der Waals surface area (Å²) in [5.41, 5.74) is 0.723. The summed E-state index contributed by atoms with van der Waals surface area (Å²) in [6.07, 6.45) is 1.53. The monoisotopic (exact) mass is 407 g/mol. The number of rotatable bonds is 5. The van der Waals surface area contributed by atoms with Gasteiger partial charge >= 0.3 is 0 Å². The van der Waals surface area contributed by atoms with Crippen LogP contribution in [0.3, 0.4) is 0 Å². The van der Waals surface area contributed by atoms with Crippen molar-refractivity contribution in [3.63, 3.8) is 0 Å². The van der Waals surface area contributed by atoms with E-state index in [1.54, 1.807) is 19.1 Å². The molecule has 0 unspecified atom stereocenters. The molecule has 3 N–H and O–H groups in total. The molecular weight excluding hydrogens is 394 g/mol. The van der Waals surface area contributed by atoms with Crippen molar-refractivity contribution in [3.05, 3.63) is 47.1 Å². The molecule has 0 radical (unpaired) electrons. The second-order valence-electron chi connectivity index (χ2n) is 4.91. The largest absolute Gasteiger partial charge is 0.461 e. The van der Waals surface area contributed by atoms with Gasteiger partial charge in [0.25, 0.3) is 0 Å². The molecule has 3 rings (SSSR count). The van der Waals surface area contributed by atoms with E-state index in [4.69, 9.17) is 10.3 Å². The molecule has 3 aromatic rings. The average molecular weight is 408 g/mol. The van der Waals surface area contributed by atoms with E-state index >= 15 is 0 Å². The number of halogens is 1. The number of amides is 1. The summed E-state index contributed by atoms with van der Waals surface area (Å²) in [7, 11) is 0. The fraction of sp³-hybridized carbons (Fsp3) is 0.133. The van der Waals surface area contributed by atoms with Gasteiger partial charge in [0.15, 0.2) is 5.76 Å². The van der Waals surface area contributed by atoms with Crippen molar-refractivity contribution in [1.82, 2.24) is 14.9 Å². The van der Waals surface area contributed by atoms with Crippen LogP contribution in [0.2, 0.25) is 0 Å². The summed E-state index contributed by atoms with van der Waals surface area (Å²) < 4.78 is 7.52. The van der Waals surface area contributed by atoms with Crippen molar-refractivity contribution in [2.75, 3.05) is 11.2 Å². The van der Waals surface area contributed by atoms with Crippen LogP contribution in [0.25, 0.3) is 11.6 Å². The number of nitrogens with zero attached hydrogens (tertiary/aromatic N) is 3. The summed E-state index contributed by atoms with van der Waals surface area (Å²) in [5.74, 6) is 6.76. The van der Waals surface area contributed by atoms with Crippen molar-refractivity contribution in [2.24, 2.45) is 0 Å². The Morgan fingerprint density at radius 2 is 2.08 bits per heavy atom. The van der Waals surface area contributed by atoms with Crippen LogP contribution in [0.1, 0.15) is 6.92 Å². The Labute approximate surface area is 150 Å². The highest BCUT2D eigenvalue weighted by atomic mass is 79.9. The van der Waals surface area contributed by atoms with Crippen molar-refractivity contribution >= 4 is 39.3 Å². The lowest BCUT2D eigenvalue weighted by atomic mass is 10.3. The molecule has 0 saturated heterocycles. The molecular formula is C15H14BrN5O2S. The fourth-order valence-corrected chi connectivity index (χ4v) is 2.95. The molecule has 0 bridgehead atoms. The first-order chi connectivity index (χ1) is 11.5. The molecule has 9 heteroatoms. The summed E-state index contributed by atoms with van der Waals surface area (Å²) >= 11 is 4.58. The van der Waals surface area contributed by atoms with E-state index in [0.29, 0.717) is 16.7 Å². The van der Waals surface area contributed by atoms with Crippen LogP contribution in [-0.2, 0) is 4.79 Å². The van der Waals surface area contributed by atoms with Crippen LogP contribution in [0.15, 0.2) is 56.7 Å². The van der Waals surface area contributed by atoms with Gasteiger partial charge in [-0.25, -0.2) is 4.68 Å². The van der Waals surface area contributed by atoms with Gasteiger partial charge in [-0.2, -0.15) is 0 Å². The summed E-state index contributed by atoms with van der Waals surface area (Å²) in [5, 5.41) is 10.9. The topological polar surface area (TPSA) is 99.0 Å². The Balaban J connectivity index is 1.67. The first-order valence-electron chi connectivity index (χ1n) is 7.02. The lowest BCUT2D eigenvalue weighted by molar-refractivity contribution is -0.115. The van der Waals surface area contributed by atoms with E-state index in [2.05, 4.69) is 31.4 Å². The van der Waals surface area contributed by atoms with E-state index in [1.165, 1.54) is 22.7 Å². The molecule has 0 aliphatic carbocycles. The molecule has 124 valence electrons. The molecule has 1 amide bonds. The SMILES string of the molecule is C[C@@H](Sc1nnc(-c2ccco2)n1N)C(=O)Nc1ccc(Br)cc1. The molecule has 0 saturated carbocycles. The second-order valence-corrected chi connectivity index (χ2v) is 7.13. The number of aromatic nitrogens is 3. The van der Waals surface area contributed by atoms with Gasteiger partial charge in [-0.15, -0.1) is 10.2 Å². The number of nitrogens with one attached hydrogen (secondary N) is 1. The standard InChI is InChI=1S/C15H14BrN5O2S/c1-9(14(22)18-11-6-4-10(16)5-7-11)24-15-20-19-13(21(15)17)12-3-2-8-23-12/h2-9H,17H2,1H3,(H,18,22)/t9-/m1/s1. The highest BCUT2D eigenvalue weighted by Crippen LogP contribution is 2.25. The van der Waals surface area contributed by atoms with Crippen LogP contribution in [0, 0.1) is 0 Å². The summed E-state index contributed by atoms with van der Waals surface area (Å²) in [6, 6.07) is 10.8. The van der Waals surface area contributed by atoms with E-state index in [9.17, 15) is 4.79 Å². The van der Waals surface area contributed by atoms with Crippen LogP contribution in [-0.4, -0.2) is 26.0 Å². The molecule has 1 aromatic carbocycles. The Kier molecular flexibility index (Phi) is 4.91. The highest BCUT2D eigenvalue weighted by molar-refractivity contribution is 9.10. The van der Waals surface area contributed by atoms with E-state index < -0.39 is 5.25 Å². The number of carbonyl (C=O) groups excluding carboxylic acids is 1. The van der Waals surface area contributed by atoms with Gasteiger partial charge in [-0.1, -0.05) is 27.7 Å². The third kappa shape index (κ3) is 3.62. The van der Waals surface area contributed by atoms with Gasteiger partial charge in [-0.05, 0) is 43.3 Å². The van der Waals surface area contributed by atoms with Gasteiger partial charge in [0.1, 0.15) is 0 Å². The van der Waals surface area contributed by atoms with Crippen molar-refractivity contribution in [2.45, 2.75) is 17.3 Å². The molecule has 1 atom stereocenters. The zero-order chi connectivity index (χ0) is 17.1. The maximum absolute atomic E-state index is 12.3. The Morgan fingerprint density at radius 3 is 2.75 bits per heavy atom. The van der Waals surface area contributed by atoms with Crippen LogP contribution in [0.5, 0.6) is 0 Å².